The van der Waals surface area contributed by atoms with E-state index in [1.54, 1.807) is 13.1 Å². The maximum atomic E-state index is 12.1. The van der Waals surface area contributed by atoms with Crippen LogP contribution in [0.3, 0.4) is 0 Å². The smallest absolute Gasteiger partial charge is 0.305 e. The molecule has 5 nitrogen and oxygen atoms in total. The van der Waals surface area contributed by atoms with Crippen molar-refractivity contribution >= 4 is 26.7 Å². The highest BCUT2D eigenvalue weighted by Crippen LogP contribution is 2.33. The van der Waals surface area contributed by atoms with Crippen LogP contribution in [0.4, 0.5) is 0 Å². The lowest BCUT2D eigenvalue weighted by molar-refractivity contribution is -0.140. The van der Waals surface area contributed by atoms with Crippen LogP contribution in [0, 0.1) is 0 Å². The van der Waals surface area contributed by atoms with Crippen molar-refractivity contribution in [3.05, 3.63) is 90.1 Å². The first-order chi connectivity index (χ1) is 16.8. The zero-order valence-electron chi connectivity index (χ0n) is 20.2. The molecular weight excluding hydrogens is 458 g/mol. The van der Waals surface area contributed by atoms with Crippen molar-refractivity contribution in [3.8, 4) is 22.3 Å². The molecule has 0 N–H and O–H groups in total. The number of pyridine rings is 1. The molecule has 1 atom stereocenters. The second kappa shape index (κ2) is 10.4. The van der Waals surface area contributed by atoms with Gasteiger partial charge in [-0.2, -0.15) is 0 Å². The van der Waals surface area contributed by atoms with E-state index in [4.69, 9.17) is 4.74 Å². The van der Waals surface area contributed by atoms with Gasteiger partial charge in [-0.25, -0.2) is 8.42 Å². The van der Waals surface area contributed by atoms with E-state index >= 15 is 0 Å². The van der Waals surface area contributed by atoms with Crippen molar-refractivity contribution in [3.63, 3.8) is 0 Å². The average Bonchev–Trinajstić information content (AvgIpc) is 2.86. The van der Waals surface area contributed by atoms with E-state index in [2.05, 4.69) is 29.2 Å². The van der Waals surface area contributed by atoms with Crippen LogP contribution in [0.15, 0.2) is 79.0 Å². The Morgan fingerprint density at radius 3 is 2.43 bits per heavy atom. The molecule has 3 aromatic carbocycles. The fourth-order valence-corrected chi connectivity index (χ4v) is 4.78. The quantitative estimate of drug-likeness (QED) is 0.300. The highest BCUT2D eigenvalue weighted by atomic mass is 32.2. The van der Waals surface area contributed by atoms with Gasteiger partial charge >= 0.3 is 5.97 Å². The van der Waals surface area contributed by atoms with E-state index in [-0.39, 0.29) is 5.97 Å². The van der Waals surface area contributed by atoms with Gasteiger partial charge < -0.3 is 4.74 Å². The Balaban J connectivity index is 1.78. The van der Waals surface area contributed by atoms with Gasteiger partial charge in [0.2, 0.25) is 0 Å². The van der Waals surface area contributed by atoms with E-state index in [1.165, 1.54) is 13.4 Å². The molecule has 1 unspecified atom stereocenters. The van der Waals surface area contributed by atoms with E-state index in [0.29, 0.717) is 19.3 Å². The third kappa shape index (κ3) is 5.77. The molecule has 0 bridgehead atoms. The Labute approximate surface area is 206 Å². The zero-order valence-corrected chi connectivity index (χ0v) is 21.0. The minimum atomic E-state index is -3.14. The van der Waals surface area contributed by atoms with Crippen molar-refractivity contribution < 1.29 is 17.9 Å². The molecule has 35 heavy (non-hydrogen) atoms. The number of rotatable bonds is 8. The van der Waals surface area contributed by atoms with E-state index in [9.17, 15) is 13.2 Å². The lowest BCUT2D eigenvalue weighted by atomic mass is 9.92. The summed E-state index contributed by atoms with van der Waals surface area (Å²) < 4.78 is 28.9. The van der Waals surface area contributed by atoms with Gasteiger partial charge in [-0.3, -0.25) is 9.78 Å². The van der Waals surface area contributed by atoms with Gasteiger partial charge in [0.1, 0.15) is 9.84 Å². The normalized spacial score (nSPS) is 12.4. The first-order valence-corrected chi connectivity index (χ1v) is 13.5. The highest BCUT2D eigenvalue weighted by molar-refractivity contribution is 7.91. The highest BCUT2D eigenvalue weighted by Gasteiger charge is 2.17. The monoisotopic (exact) mass is 487 g/mol. The number of nitrogens with zero attached hydrogens (tertiary/aromatic N) is 1. The topological polar surface area (TPSA) is 73.3 Å². The summed E-state index contributed by atoms with van der Waals surface area (Å²) in [7, 11) is -1.74. The molecule has 1 aromatic heterocycles. The fourth-order valence-electron chi connectivity index (χ4n) is 4.29. The largest absolute Gasteiger partial charge is 0.469 e. The average molecular weight is 488 g/mol. The van der Waals surface area contributed by atoms with Crippen molar-refractivity contribution in [2.24, 2.45) is 0 Å². The SMILES string of the molecule is COC(=O)CCc1ccccc1-c1cccc(-c2cc(CC(C)S(C)(=O)=O)cc3cccnc23)c1. The number of aromatic nitrogens is 1. The molecule has 6 heteroatoms. The van der Waals surface area contributed by atoms with Crippen molar-refractivity contribution in [1.29, 1.82) is 0 Å². The molecule has 0 fully saturated rings. The summed E-state index contributed by atoms with van der Waals surface area (Å²) in [5.74, 6) is -0.230. The van der Waals surface area contributed by atoms with Crippen molar-refractivity contribution in [1.82, 2.24) is 4.98 Å². The molecule has 0 saturated heterocycles. The third-order valence-corrected chi connectivity index (χ3v) is 7.98. The van der Waals surface area contributed by atoms with Crippen molar-refractivity contribution in [2.75, 3.05) is 13.4 Å². The molecule has 0 aliphatic heterocycles. The molecule has 0 saturated carbocycles. The number of benzene rings is 3. The van der Waals surface area contributed by atoms with Gasteiger partial charge in [-0.1, -0.05) is 48.5 Å². The maximum Gasteiger partial charge on any atom is 0.305 e. The number of ether oxygens (including phenoxy) is 1. The number of hydrogen-bond acceptors (Lipinski definition) is 5. The number of esters is 1. The van der Waals surface area contributed by atoms with Gasteiger partial charge in [-0.05, 0) is 71.8 Å². The van der Waals surface area contributed by atoms with Crippen LogP contribution in [-0.4, -0.2) is 38.0 Å². The van der Waals surface area contributed by atoms with Crippen LogP contribution >= 0.6 is 0 Å². The Morgan fingerprint density at radius 1 is 0.943 bits per heavy atom. The predicted octanol–water partition coefficient (Wildman–Crippen LogP) is 5.65. The Kier molecular flexibility index (Phi) is 7.31. The lowest BCUT2D eigenvalue weighted by Gasteiger charge is -2.15. The standard InChI is InChI=1S/C29H29NO4S/c1-20(35(3,32)33)16-21-17-25-11-7-15-30-29(25)27(18-21)24-10-6-9-23(19-24)26-12-5-4-8-22(26)13-14-28(31)34-2/h4-12,15,17-20H,13-14,16H2,1-3H3. The summed E-state index contributed by atoms with van der Waals surface area (Å²) in [6.45, 7) is 1.74. The first-order valence-electron chi connectivity index (χ1n) is 11.6. The van der Waals surface area contributed by atoms with E-state index in [1.807, 2.05) is 48.5 Å². The summed E-state index contributed by atoms with van der Waals surface area (Å²) >= 11 is 0. The summed E-state index contributed by atoms with van der Waals surface area (Å²) in [6, 6.07) is 24.3. The van der Waals surface area contributed by atoms with Crippen LogP contribution in [-0.2, 0) is 32.2 Å². The number of fused-ring (bicyclic) bond motifs is 1. The van der Waals surface area contributed by atoms with E-state index in [0.717, 1.165) is 44.3 Å². The van der Waals surface area contributed by atoms with Crippen LogP contribution < -0.4 is 0 Å². The molecular formula is C29H29NO4S. The molecule has 4 rings (SSSR count). The van der Waals surface area contributed by atoms with Crippen LogP contribution in [0.2, 0.25) is 0 Å². The second-order valence-corrected chi connectivity index (χ2v) is 11.3. The summed E-state index contributed by atoms with van der Waals surface area (Å²) in [6.07, 6.45) is 4.41. The van der Waals surface area contributed by atoms with Crippen LogP contribution in [0.5, 0.6) is 0 Å². The van der Waals surface area contributed by atoms with Gasteiger partial charge in [0.15, 0.2) is 0 Å². The van der Waals surface area contributed by atoms with Crippen molar-refractivity contribution in [2.45, 2.75) is 31.4 Å². The minimum Gasteiger partial charge on any atom is -0.469 e. The van der Waals surface area contributed by atoms with E-state index < -0.39 is 15.1 Å². The van der Waals surface area contributed by atoms with Gasteiger partial charge in [0.25, 0.3) is 0 Å². The number of carbonyl (C=O) groups is 1. The zero-order chi connectivity index (χ0) is 25.0. The molecule has 0 radical (unpaired) electrons. The van der Waals surface area contributed by atoms with Crippen LogP contribution in [0.1, 0.15) is 24.5 Å². The summed E-state index contributed by atoms with van der Waals surface area (Å²) in [4.78, 5) is 16.3. The molecule has 180 valence electrons. The predicted molar refractivity (Wildman–Crippen MR) is 141 cm³/mol. The molecule has 0 amide bonds. The lowest BCUT2D eigenvalue weighted by Crippen LogP contribution is -2.18. The number of hydrogen-bond donors (Lipinski definition) is 0. The molecule has 1 heterocycles. The maximum absolute atomic E-state index is 12.1. The summed E-state index contributed by atoms with van der Waals surface area (Å²) in [5.41, 5.74) is 6.99. The van der Waals surface area contributed by atoms with Gasteiger partial charge in [-0.15, -0.1) is 0 Å². The fraction of sp³-hybridized carbons (Fsp3) is 0.241. The minimum absolute atomic E-state index is 0.230. The molecule has 0 aliphatic carbocycles. The number of aryl methyl sites for hydroxylation is 1. The Morgan fingerprint density at radius 2 is 1.69 bits per heavy atom. The molecule has 0 aliphatic rings. The Hall–Kier alpha value is -3.51. The van der Waals surface area contributed by atoms with Gasteiger partial charge in [0.05, 0.1) is 17.9 Å². The summed E-state index contributed by atoms with van der Waals surface area (Å²) in [5, 5.41) is 0.502. The second-order valence-electron chi connectivity index (χ2n) is 8.88. The van der Waals surface area contributed by atoms with Crippen LogP contribution in [0.25, 0.3) is 33.2 Å². The first kappa shape index (κ1) is 24.6. The number of sulfone groups is 1. The Bertz CT molecular complexity index is 1480. The molecule has 0 spiro atoms. The number of methoxy groups -OCH3 is 1. The molecule has 4 aromatic rings. The van der Waals surface area contributed by atoms with Gasteiger partial charge in [0, 0.05) is 29.8 Å². The third-order valence-electron chi connectivity index (χ3n) is 6.35. The number of carbonyl (C=O) groups excluding carboxylic acids is 1.